The van der Waals surface area contributed by atoms with Crippen LogP contribution in [0.15, 0.2) is 18.2 Å². The van der Waals surface area contributed by atoms with Gasteiger partial charge in [0.15, 0.2) is 9.84 Å². The molecule has 1 aromatic rings. The molecule has 5 nitrogen and oxygen atoms in total. The molecule has 0 spiro atoms. The van der Waals surface area contributed by atoms with Crippen LogP contribution in [0.4, 0.5) is 11.4 Å². The highest BCUT2D eigenvalue weighted by Gasteiger charge is 2.23. The predicted molar refractivity (Wildman–Crippen MR) is 91.7 cm³/mol. The van der Waals surface area contributed by atoms with E-state index < -0.39 is 9.84 Å². The summed E-state index contributed by atoms with van der Waals surface area (Å²) in [5.41, 5.74) is 3.66. The molecule has 0 aromatic heterocycles. The lowest BCUT2D eigenvalue weighted by Gasteiger charge is -2.37. The van der Waals surface area contributed by atoms with Crippen LogP contribution in [0.3, 0.4) is 0 Å². The monoisotopic (exact) mass is 323 g/mol. The highest BCUT2D eigenvalue weighted by molar-refractivity contribution is 7.91. The predicted octanol–water partition coefficient (Wildman–Crippen LogP) is 1.03. The summed E-state index contributed by atoms with van der Waals surface area (Å²) in [5.74, 6) is 0.534. The van der Waals surface area contributed by atoms with Crippen LogP contribution in [-0.4, -0.2) is 58.7 Å². The molecule has 0 unspecified atom stereocenters. The molecule has 1 aromatic carbocycles. The minimum absolute atomic E-state index is 0.267. The lowest BCUT2D eigenvalue weighted by molar-refractivity contribution is 0.501. The second-order valence-corrected chi connectivity index (χ2v) is 8.66. The third-order valence-electron chi connectivity index (χ3n) is 4.70. The van der Waals surface area contributed by atoms with Crippen LogP contribution in [0, 0.1) is 6.92 Å². The van der Waals surface area contributed by atoms with E-state index >= 15 is 0 Å². The first kappa shape index (κ1) is 15.6. The molecule has 2 aliphatic heterocycles. The highest BCUT2D eigenvalue weighted by Crippen LogP contribution is 2.28. The molecule has 0 amide bonds. The number of nitrogens with zero attached hydrogens (tertiary/aromatic N) is 2. The number of sulfone groups is 1. The van der Waals surface area contributed by atoms with Crippen LogP contribution in [0.2, 0.25) is 0 Å². The van der Waals surface area contributed by atoms with Gasteiger partial charge in [-0.3, -0.25) is 0 Å². The van der Waals surface area contributed by atoms with Crippen molar-refractivity contribution in [2.75, 3.05) is 54.0 Å². The molecule has 22 heavy (non-hydrogen) atoms. The van der Waals surface area contributed by atoms with E-state index in [-0.39, 0.29) is 11.5 Å². The van der Waals surface area contributed by atoms with Crippen molar-refractivity contribution in [1.82, 2.24) is 5.32 Å². The van der Waals surface area contributed by atoms with Crippen LogP contribution in [0.25, 0.3) is 0 Å². The van der Waals surface area contributed by atoms with Crippen molar-refractivity contribution in [1.29, 1.82) is 0 Å². The van der Waals surface area contributed by atoms with Gasteiger partial charge < -0.3 is 15.1 Å². The van der Waals surface area contributed by atoms with Crippen molar-refractivity contribution in [3.05, 3.63) is 23.8 Å². The van der Waals surface area contributed by atoms with Crippen molar-refractivity contribution in [2.45, 2.75) is 19.9 Å². The maximum absolute atomic E-state index is 11.6. The Kier molecular flexibility index (Phi) is 4.32. The van der Waals surface area contributed by atoms with E-state index in [1.54, 1.807) is 0 Å². The molecule has 0 aliphatic carbocycles. The van der Waals surface area contributed by atoms with E-state index in [0.29, 0.717) is 19.1 Å². The van der Waals surface area contributed by atoms with E-state index in [0.717, 1.165) is 19.6 Å². The van der Waals surface area contributed by atoms with E-state index in [1.807, 2.05) is 0 Å². The third kappa shape index (κ3) is 3.22. The first-order valence-corrected chi connectivity index (χ1v) is 9.82. The SMILES string of the molecule is Cc1cc(N2CCNC[C@@H]2C)ccc1N1CCS(=O)(=O)CC1. The topological polar surface area (TPSA) is 52.6 Å². The van der Waals surface area contributed by atoms with Gasteiger partial charge in [0.05, 0.1) is 11.5 Å². The van der Waals surface area contributed by atoms with Crippen LogP contribution < -0.4 is 15.1 Å². The Morgan fingerprint density at radius 1 is 1.18 bits per heavy atom. The second kappa shape index (κ2) is 6.08. The Morgan fingerprint density at radius 2 is 1.91 bits per heavy atom. The highest BCUT2D eigenvalue weighted by atomic mass is 32.2. The van der Waals surface area contributed by atoms with Crippen LogP contribution in [0.5, 0.6) is 0 Å². The summed E-state index contributed by atoms with van der Waals surface area (Å²) in [4.78, 5) is 4.63. The van der Waals surface area contributed by atoms with Crippen molar-refractivity contribution in [3.8, 4) is 0 Å². The second-order valence-electron chi connectivity index (χ2n) is 6.36. The van der Waals surface area contributed by atoms with Gasteiger partial charge in [0.25, 0.3) is 0 Å². The minimum atomic E-state index is -2.83. The van der Waals surface area contributed by atoms with E-state index in [1.165, 1.54) is 16.9 Å². The van der Waals surface area contributed by atoms with Crippen molar-refractivity contribution in [3.63, 3.8) is 0 Å². The number of hydrogen-bond donors (Lipinski definition) is 1. The minimum Gasteiger partial charge on any atom is -0.369 e. The molecule has 6 heteroatoms. The van der Waals surface area contributed by atoms with Gasteiger partial charge in [0, 0.05) is 50.1 Å². The molecule has 2 fully saturated rings. The Balaban J connectivity index is 1.78. The molecule has 1 N–H and O–H groups in total. The maximum Gasteiger partial charge on any atom is 0.153 e. The average molecular weight is 323 g/mol. The van der Waals surface area contributed by atoms with Crippen LogP contribution in [0.1, 0.15) is 12.5 Å². The number of hydrogen-bond acceptors (Lipinski definition) is 5. The number of rotatable bonds is 2. The van der Waals surface area contributed by atoms with Crippen molar-refractivity contribution >= 4 is 21.2 Å². The molecule has 2 saturated heterocycles. The smallest absolute Gasteiger partial charge is 0.153 e. The number of nitrogens with one attached hydrogen (secondary N) is 1. The molecule has 0 bridgehead atoms. The zero-order valence-electron chi connectivity index (χ0n) is 13.4. The fourth-order valence-electron chi connectivity index (χ4n) is 3.35. The van der Waals surface area contributed by atoms with Gasteiger partial charge in [-0.25, -0.2) is 8.42 Å². The molecule has 0 radical (unpaired) electrons. The van der Waals surface area contributed by atoms with E-state index in [9.17, 15) is 8.42 Å². The van der Waals surface area contributed by atoms with Crippen LogP contribution in [-0.2, 0) is 9.84 Å². The van der Waals surface area contributed by atoms with Gasteiger partial charge >= 0.3 is 0 Å². The molecule has 122 valence electrons. The van der Waals surface area contributed by atoms with Gasteiger partial charge in [0.2, 0.25) is 0 Å². The van der Waals surface area contributed by atoms with E-state index in [4.69, 9.17) is 0 Å². The number of piperazine rings is 1. The zero-order valence-corrected chi connectivity index (χ0v) is 14.2. The van der Waals surface area contributed by atoms with Crippen molar-refractivity contribution < 1.29 is 8.42 Å². The average Bonchev–Trinajstić information content (AvgIpc) is 2.48. The number of anilines is 2. The van der Waals surface area contributed by atoms with Crippen LogP contribution >= 0.6 is 0 Å². The molecular formula is C16H25N3O2S. The first-order valence-electron chi connectivity index (χ1n) is 8.00. The van der Waals surface area contributed by atoms with Gasteiger partial charge in [0.1, 0.15) is 0 Å². The summed E-state index contributed by atoms with van der Waals surface area (Å²) in [7, 11) is -2.83. The molecule has 2 aliphatic rings. The summed E-state index contributed by atoms with van der Waals surface area (Å²) in [6, 6.07) is 7.06. The van der Waals surface area contributed by atoms with Crippen molar-refractivity contribution in [2.24, 2.45) is 0 Å². The van der Waals surface area contributed by atoms with Gasteiger partial charge in [-0.1, -0.05) is 0 Å². The normalized spacial score (nSPS) is 25.3. The Labute approximate surface area is 133 Å². The van der Waals surface area contributed by atoms with E-state index in [2.05, 4.69) is 47.2 Å². The summed E-state index contributed by atoms with van der Waals surface area (Å²) >= 11 is 0. The summed E-state index contributed by atoms with van der Waals surface area (Å²) in [6.45, 7) is 8.64. The zero-order chi connectivity index (χ0) is 15.7. The Hall–Kier alpha value is -1.27. The first-order chi connectivity index (χ1) is 10.5. The number of aryl methyl sites for hydroxylation is 1. The Bertz CT molecular complexity index is 631. The van der Waals surface area contributed by atoms with Gasteiger partial charge in [-0.2, -0.15) is 0 Å². The molecular weight excluding hydrogens is 298 g/mol. The standard InChI is InChI=1S/C16H25N3O2S/c1-13-11-15(19-6-5-17-12-14(19)2)3-4-16(13)18-7-9-22(20,21)10-8-18/h3-4,11,14,17H,5-10,12H2,1-2H3/t14-/m0/s1. The molecule has 1 atom stereocenters. The maximum atomic E-state index is 11.6. The largest absolute Gasteiger partial charge is 0.369 e. The fraction of sp³-hybridized carbons (Fsp3) is 0.625. The summed E-state index contributed by atoms with van der Waals surface area (Å²) < 4.78 is 23.1. The lowest BCUT2D eigenvalue weighted by atomic mass is 10.1. The molecule has 0 saturated carbocycles. The lowest BCUT2D eigenvalue weighted by Crippen LogP contribution is -2.50. The molecule has 2 heterocycles. The Morgan fingerprint density at radius 3 is 2.55 bits per heavy atom. The van der Waals surface area contributed by atoms with Gasteiger partial charge in [-0.05, 0) is 37.6 Å². The van der Waals surface area contributed by atoms with Gasteiger partial charge in [-0.15, -0.1) is 0 Å². The number of benzene rings is 1. The fourth-order valence-corrected chi connectivity index (χ4v) is 4.55. The summed E-state index contributed by atoms with van der Waals surface area (Å²) in [5, 5.41) is 3.41. The summed E-state index contributed by atoms with van der Waals surface area (Å²) in [6.07, 6.45) is 0. The quantitative estimate of drug-likeness (QED) is 0.881. The molecule has 3 rings (SSSR count). The third-order valence-corrected chi connectivity index (χ3v) is 6.31.